The van der Waals surface area contributed by atoms with Gasteiger partial charge in [-0.25, -0.2) is 23.7 Å². The van der Waals surface area contributed by atoms with Gasteiger partial charge in [-0.05, 0) is 36.5 Å². The van der Waals surface area contributed by atoms with Crippen molar-refractivity contribution in [2.24, 2.45) is 0 Å². The molecule has 0 atom stereocenters. The molecule has 4 aromatic rings. The van der Waals surface area contributed by atoms with Gasteiger partial charge in [-0.1, -0.05) is 6.42 Å². The van der Waals surface area contributed by atoms with Crippen LogP contribution in [0.4, 0.5) is 14.6 Å². The first-order chi connectivity index (χ1) is 17.1. The summed E-state index contributed by atoms with van der Waals surface area (Å²) >= 11 is 0. The molecule has 0 amide bonds. The van der Waals surface area contributed by atoms with Gasteiger partial charge in [0, 0.05) is 79.4 Å². The molecule has 5 heterocycles. The molecule has 3 fully saturated rings. The highest BCUT2D eigenvalue weighted by Gasteiger charge is 2.46. The molecule has 180 valence electrons. The SMILES string of the molecule is FC1(F)CC(c2cc3c(-c4nc(N5CCNCC5)c5c(C6CCC6)cncc5n4)ccnc3[nH]2)C1. The summed E-state index contributed by atoms with van der Waals surface area (Å²) in [4.78, 5) is 24.8. The van der Waals surface area contributed by atoms with Gasteiger partial charge >= 0.3 is 0 Å². The third-order valence-electron chi connectivity index (χ3n) is 7.90. The van der Waals surface area contributed by atoms with Crippen molar-refractivity contribution in [1.29, 1.82) is 0 Å². The first kappa shape index (κ1) is 21.1. The summed E-state index contributed by atoms with van der Waals surface area (Å²) in [6.45, 7) is 3.59. The van der Waals surface area contributed by atoms with Gasteiger partial charge in [0.25, 0.3) is 0 Å². The van der Waals surface area contributed by atoms with Crippen LogP contribution >= 0.6 is 0 Å². The highest BCUT2D eigenvalue weighted by atomic mass is 19.3. The molecule has 7 rings (SSSR count). The molecule has 9 heteroatoms. The van der Waals surface area contributed by atoms with E-state index in [-0.39, 0.29) is 18.8 Å². The van der Waals surface area contributed by atoms with Gasteiger partial charge in [0.2, 0.25) is 5.92 Å². The van der Waals surface area contributed by atoms with Crippen LogP contribution in [0.15, 0.2) is 30.7 Å². The van der Waals surface area contributed by atoms with Crippen molar-refractivity contribution in [1.82, 2.24) is 30.2 Å². The number of H-pyrrole nitrogens is 1. The second-order valence-corrected chi connectivity index (χ2v) is 10.2. The number of halogens is 2. The van der Waals surface area contributed by atoms with E-state index < -0.39 is 5.92 Å². The fraction of sp³-hybridized carbons (Fsp3) is 0.462. The lowest BCUT2D eigenvalue weighted by Gasteiger charge is -2.34. The van der Waals surface area contributed by atoms with Gasteiger partial charge in [0.1, 0.15) is 11.5 Å². The Morgan fingerprint density at radius 3 is 2.60 bits per heavy atom. The van der Waals surface area contributed by atoms with E-state index in [1.165, 1.54) is 24.8 Å². The molecule has 35 heavy (non-hydrogen) atoms. The number of hydrogen-bond acceptors (Lipinski definition) is 6. The maximum Gasteiger partial charge on any atom is 0.249 e. The third kappa shape index (κ3) is 3.55. The zero-order valence-electron chi connectivity index (χ0n) is 19.4. The Morgan fingerprint density at radius 1 is 1.03 bits per heavy atom. The molecule has 1 saturated heterocycles. The molecule has 3 aliphatic rings. The fourth-order valence-corrected chi connectivity index (χ4v) is 5.69. The number of aromatic nitrogens is 5. The Bertz CT molecular complexity index is 1410. The van der Waals surface area contributed by atoms with E-state index in [0.29, 0.717) is 17.4 Å². The number of anilines is 1. The largest absolute Gasteiger partial charge is 0.353 e. The highest BCUT2D eigenvalue weighted by Crippen LogP contribution is 2.49. The topological polar surface area (TPSA) is 82.6 Å². The molecule has 0 bridgehead atoms. The molecule has 2 N–H and O–H groups in total. The number of nitrogens with one attached hydrogen (secondary N) is 2. The average molecular weight is 476 g/mol. The monoisotopic (exact) mass is 475 g/mol. The average Bonchev–Trinajstić information content (AvgIpc) is 3.25. The minimum atomic E-state index is -2.57. The Balaban J connectivity index is 1.38. The van der Waals surface area contributed by atoms with Crippen LogP contribution in [0.25, 0.3) is 33.3 Å². The number of fused-ring (bicyclic) bond motifs is 2. The Kier molecular flexibility index (Phi) is 4.77. The summed E-state index contributed by atoms with van der Waals surface area (Å²) in [5.74, 6) is -0.633. The van der Waals surface area contributed by atoms with Gasteiger partial charge in [0.05, 0.1) is 11.7 Å². The number of nitrogens with zero attached hydrogens (tertiary/aromatic N) is 5. The maximum atomic E-state index is 13.5. The molecule has 1 aliphatic heterocycles. The summed E-state index contributed by atoms with van der Waals surface area (Å²) in [6, 6.07) is 3.87. The summed E-state index contributed by atoms with van der Waals surface area (Å²) in [5, 5.41) is 5.41. The molecule has 0 aromatic carbocycles. The second kappa shape index (κ2) is 7.91. The van der Waals surface area contributed by atoms with Crippen molar-refractivity contribution < 1.29 is 8.78 Å². The van der Waals surface area contributed by atoms with Crippen LogP contribution in [-0.2, 0) is 0 Å². The van der Waals surface area contributed by atoms with E-state index in [1.54, 1.807) is 6.20 Å². The molecular formula is C26H27F2N7. The minimum absolute atomic E-state index is 0.121. The van der Waals surface area contributed by atoms with E-state index >= 15 is 0 Å². The van der Waals surface area contributed by atoms with Crippen molar-refractivity contribution in [3.05, 3.63) is 42.0 Å². The van der Waals surface area contributed by atoms with Crippen molar-refractivity contribution >= 4 is 27.8 Å². The van der Waals surface area contributed by atoms with Crippen LogP contribution in [0, 0.1) is 0 Å². The predicted octanol–water partition coefficient (Wildman–Crippen LogP) is 4.76. The number of piperazine rings is 1. The molecule has 0 unspecified atom stereocenters. The van der Waals surface area contributed by atoms with Crippen LogP contribution in [0.1, 0.15) is 55.2 Å². The molecule has 7 nitrogen and oxygen atoms in total. The van der Waals surface area contributed by atoms with Crippen LogP contribution in [0.2, 0.25) is 0 Å². The van der Waals surface area contributed by atoms with Crippen LogP contribution in [-0.4, -0.2) is 57.0 Å². The number of rotatable bonds is 4. The fourth-order valence-electron chi connectivity index (χ4n) is 5.69. The van der Waals surface area contributed by atoms with E-state index in [4.69, 9.17) is 9.97 Å². The first-order valence-corrected chi connectivity index (χ1v) is 12.5. The summed E-state index contributed by atoms with van der Waals surface area (Å²) in [7, 11) is 0. The lowest BCUT2D eigenvalue weighted by molar-refractivity contribution is -0.0874. The Morgan fingerprint density at radius 2 is 1.86 bits per heavy atom. The highest BCUT2D eigenvalue weighted by molar-refractivity contribution is 5.97. The summed E-state index contributed by atoms with van der Waals surface area (Å²) in [5.41, 5.74) is 4.45. The summed E-state index contributed by atoms with van der Waals surface area (Å²) in [6.07, 6.45) is 8.94. The Hall–Kier alpha value is -3.20. The van der Waals surface area contributed by atoms with Gasteiger partial charge in [0.15, 0.2) is 5.82 Å². The van der Waals surface area contributed by atoms with E-state index in [9.17, 15) is 8.78 Å². The van der Waals surface area contributed by atoms with Gasteiger partial charge < -0.3 is 15.2 Å². The standard InChI is InChI=1S/C26H27F2N7/c27-26(28)11-16(12-26)20-10-18-17(4-5-31-23(18)32-20)24-33-21-14-30-13-19(15-2-1-3-15)22(21)25(34-24)35-8-6-29-7-9-35/h4-5,10,13-16,29H,1-3,6-9,11-12H2,(H,31,32). The minimum Gasteiger partial charge on any atom is -0.353 e. The van der Waals surface area contributed by atoms with Gasteiger partial charge in [-0.2, -0.15) is 0 Å². The normalized spacial score (nSPS) is 20.8. The van der Waals surface area contributed by atoms with Crippen LogP contribution in [0.5, 0.6) is 0 Å². The number of hydrogen-bond donors (Lipinski definition) is 2. The van der Waals surface area contributed by atoms with Crippen molar-refractivity contribution in [2.45, 2.75) is 49.9 Å². The quantitative estimate of drug-likeness (QED) is 0.443. The molecule has 2 aliphatic carbocycles. The van der Waals surface area contributed by atoms with Crippen LogP contribution in [0.3, 0.4) is 0 Å². The number of pyridine rings is 2. The molecule has 2 saturated carbocycles. The molecule has 4 aromatic heterocycles. The molecular weight excluding hydrogens is 448 g/mol. The Labute approximate surface area is 201 Å². The van der Waals surface area contributed by atoms with Gasteiger partial charge in [-0.15, -0.1) is 0 Å². The number of aromatic amines is 1. The predicted molar refractivity (Wildman–Crippen MR) is 131 cm³/mol. The second-order valence-electron chi connectivity index (χ2n) is 10.2. The molecule has 0 spiro atoms. The number of alkyl halides is 2. The third-order valence-corrected chi connectivity index (χ3v) is 7.90. The maximum absolute atomic E-state index is 13.5. The van der Waals surface area contributed by atoms with Crippen molar-refractivity contribution in [2.75, 3.05) is 31.1 Å². The zero-order valence-corrected chi connectivity index (χ0v) is 19.4. The van der Waals surface area contributed by atoms with Gasteiger partial charge in [-0.3, -0.25) is 4.98 Å². The smallest absolute Gasteiger partial charge is 0.249 e. The van der Waals surface area contributed by atoms with E-state index in [2.05, 4.69) is 25.2 Å². The van der Waals surface area contributed by atoms with Crippen molar-refractivity contribution in [3.8, 4) is 11.4 Å². The van der Waals surface area contributed by atoms with E-state index in [0.717, 1.165) is 59.5 Å². The summed E-state index contributed by atoms with van der Waals surface area (Å²) < 4.78 is 27.0. The van der Waals surface area contributed by atoms with Crippen molar-refractivity contribution in [3.63, 3.8) is 0 Å². The zero-order chi connectivity index (χ0) is 23.6. The lowest BCUT2D eigenvalue weighted by Crippen LogP contribution is -2.44. The van der Waals surface area contributed by atoms with Crippen LogP contribution < -0.4 is 10.2 Å². The lowest BCUT2D eigenvalue weighted by atomic mass is 9.79. The van der Waals surface area contributed by atoms with E-state index in [1.807, 2.05) is 24.5 Å². The molecule has 0 radical (unpaired) electrons. The first-order valence-electron chi connectivity index (χ1n) is 12.5.